The predicted octanol–water partition coefficient (Wildman–Crippen LogP) is -11.9. The summed E-state index contributed by atoms with van der Waals surface area (Å²) in [7, 11) is -9.57. The van der Waals surface area contributed by atoms with Crippen LogP contribution in [0.15, 0.2) is 0 Å². The normalized spacial score (nSPS) is 39.3. The fourth-order valence-electron chi connectivity index (χ4n) is 6.62. The number of nitrogens with one attached hydrogen (secondary N) is 2. The van der Waals surface area contributed by atoms with Crippen LogP contribution in [-0.2, 0) is 115 Å². The van der Waals surface area contributed by atoms with Crippen molar-refractivity contribution < 1.29 is 159 Å². The molecule has 0 saturated carbocycles. The Labute approximate surface area is 390 Å². The molecule has 4 rings (SSSR count). The third-order valence-electron chi connectivity index (χ3n) is 9.29. The molecule has 4 fully saturated rings. The minimum absolute atomic E-state index is 0.248. The molecule has 4 aliphatic heterocycles. The van der Waals surface area contributed by atoms with Crippen molar-refractivity contribution in [2.24, 2.45) is 0 Å². The lowest BCUT2D eigenvalue weighted by molar-refractivity contribution is -0.777. The molecule has 0 aliphatic carbocycles. The van der Waals surface area contributed by atoms with Gasteiger partial charge in [0.1, 0.15) is 98.1 Å². The van der Waals surface area contributed by atoms with Crippen LogP contribution in [0.5, 0.6) is 0 Å². The summed E-state index contributed by atoms with van der Waals surface area (Å²) in [6, 6.07) is -3.75. The number of carbonyl (C=O) groups excluding carboxylic acids is 3. The molecule has 4 saturated heterocycles. The maximum Gasteiger partial charge on any atom is 0.218 e. The first-order chi connectivity index (χ1) is 31.9. The van der Waals surface area contributed by atoms with E-state index in [1.54, 1.807) is 0 Å². The molecule has 0 aromatic heterocycles. The minimum Gasteiger partial charge on any atom is -0.829 e. The molecule has 400 valence electrons. The van der Waals surface area contributed by atoms with Crippen LogP contribution < -0.4 is 26.3 Å². The summed E-state index contributed by atoms with van der Waals surface area (Å²) < 4.78 is 163. The quantitative estimate of drug-likeness (QED) is 0.0101. The fraction of sp³-hybridized carbons (Fsp3) is 0.893. The highest BCUT2D eigenvalue weighted by Crippen LogP contribution is 2.36. The lowest BCUT2D eigenvalue weighted by atomic mass is 9.95. The van der Waals surface area contributed by atoms with Crippen molar-refractivity contribution in [1.82, 2.24) is 10.8 Å². The van der Waals surface area contributed by atoms with E-state index in [-0.39, 0.29) is 12.3 Å². The maximum atomic E-state index is 13.7. The standard InChI is InChI=1S/C26H44N2O32S4.2CH2O/c1-6(30)27-9-11(31)15(51-25-13(33)12(32)18(46-2)21(35)54-25)8(5-48-63(40,41)42)50-24(9)53-19-14(34)20(57-64(43,44)45)26(55-22(19)36)52-16-7(4-29)49-23(47-3)10(28-58-62(38)39)17(16)56-61-60-59-37;2*1-2/h7-26,28-29,31-34,37H,4-5H2,1-3H3,(H,27,30)(H,38,39)(H,40,41,42)(H,43,44,45);2*1H2/q-2;;/p-4. The third kappa shape index (κ3) is 17.4. The van der Waals surface area contributed by atoms with Crippen molar-refractivity contribution in [3.05, 3.63) is 0 Å². The van der Waals surface area contributed by atoms with Gasteiger partial charge in [-0.3, -0.25) is 22.4 Å². The van der Waals surface area contributed by atoms with Crippen LogP contribution in [0, 0.1) is 0 Å². The summed E-state index contributed by atoms with van der Waals surface area (Å²) in [5, 5.41) is 96.0. The Morgan fingerprint density at radius 2 is 1.29 bits per heavy atom. The van der Waals surface area contributed by atoms with Gasteiger partial charge in [0.15, 0.2) is 43.6 Å². The topological polar surface area (TPSA) is 539 Å². The van der Waals surface area contributed by atoms with E-state index in [1.165, 1.54) is 0 Å². The molecule has 1 amide bonds. The largest absolute Gasteiger partial charge is 0.829 e. The molecule has 0 spiro atoms. The summed E-state index contributed by atoms with van der Waals surface area (Å²) in [5.74, 6) is -1.01. The van der Waals surface area contributed by atoms with Crippen molar-refractivity contribution in [2.75, 3.05) is 27.4 Å². The summed E-state index contributed by atoms with van der Waals surface area (Å²) in [5.41, 5.74) is 1.94. The van der Waals surface area contributed by atoms with Gasteiger partial charge in [-0.25, -0.2) is 25.3 Å². The van der Waals surface area contributed by atoms with E-state index in [4.69, 9.17) is 56.4 Å². The number of hydrogen-bond donors (Lipinski definition) is 7. The number of hydroxylamine groups is 1. The molecule has 0 aromatic carbocycles. The molecule has 21 unspecified atom stereocenters. The Morgan fingerprint density at radius 1 is 0.721 bits per heavy atom. The van der Waals surface area contributed by atoms with E-state index >= 15 is 0 Å². The van der Waals surface area contributed by atoms with E-state index in [1.807, 2.05) is 19.1 Å². The zero-order valence-corrected chi connectivity index (χ0v) is 37.8. The first-order valence-electron chi connectivity index (χ1n) is 18.1. The number of ether oxygens (including phenoxy) is 9. The molecule has 40 heteroatoms. The molecule has 21 atom stereocenters. The molecule has 68 heavy (non-hydrogen) atoms. The predicted molar refractivity (Wildman–Crippen MR) is 192 cm³/mol. The minimum atomic E-state index is -5.96. The van der Waals surface area contributed by atoms with E-state index in [0.717, 1.165) is 21.1 Å². The van der Waals surface area contributed by atoms with Crippen LogP contribution in [-0.4, -0.2) is 230 Å². The van der Waals surface area contributed by atoms with Crippen molar-refractivity contribution in [1.29, 1.82) is 0 Å². The molecular formula is C28H44N2O34S4-6. The smallest absolute Gasteiger partial charge is 0.218 e. The van der Waals surface area contributed by atoms with Gasteiger partial charge in [0.25, 0.3) is 0 Å². The summed E-state index contributed by atoms with van der Waals surface area (Å²) in [4.78, 5) is 28.3. The second-order valence-corrected chi connectivity index (χ2v) is 16.4. The summed E-state index contributed by atoms with van der Waals surface area (Å²) >= 11 is -3.55. The van der Waals surface area contributed by atoms with Crippen LogP contribution in [0.2, 0.25) is 0 Å². The Morgan fingerprint density at radius 3 is 1.82 bits per heavy atom. The maximum absolute atomic E-state index is 13.7. The third-order valence-corrected chi connectivity index (χ3v) is 10.8. The Bertz CT molecular complexity index is 1760. The van der Waals surface area contributed by atoms with Gasteiger partial charge < -0.3 is 112 Å². The van der Waals surface area contributed by atoms with Gasteiger partial charge in [-0.15, -0.1) is 4.33 Å². The molecule has 7 N–H and O–H groups in total. The average Bonchev–Trinajstić information content (AvgIpc) is 3.27. The van der Waals surface area contributed by atoms with Gasteiger partial charge >= 0.3 is 0 Å². The fourth-order valence-corrected chi connectivity index (χ4v) is 7.97. The number of aliphatic hydroxyl groups is 5. The van der Waals surface area contributed by atoms with Gasteiger partial charge in [-0.05, 0) is 0 Å². The van der Waals surface area contributed by atoms with E-state index in [0.29, 0.717) is 0 Å². The van der Waals surface area contributed by atoms with Gasteiger partial charge in [-0.2, -0.15) is 5.48 Å². The van der Waals surface area contributed by atoms with E-state index < -0.39 is 174 Å². The summed E-state index contributed by atoms with van der Waals surface area (Å²) in [6.45, 7) is 2.38. The second kappa shape index (κ2) is 29.0. The van der Waals surface area contributed by atoms with Crippen molar-refractivity contribution >= 4 is 64.0 Å². The molecule has 0 radical (unpaired) electrons. The zero-order chi connectivity index (χ0) is 51.8. The number of carbonyl (C=O) groups is 3. The van der Waals surface area contributed by atoms with Crippen LogP contribution in [0.3, 0.4) is 0 Å². The van der Waals surface area contributed by atoms with Gasteiger partial charge in [0.05, 0.1) is 19.3 Å². The van der Waals surface area contributed by atoms with E-state index in [2.05, 4.69) is 27.3 Å². The highest BCUT2D eigenvalue weighted by Gasteiger charge is 2.56. The number of methoxy groups -OCH3 is 2. The number of aliphatic hydroxyl groups excluding tert-OH is 5. The average molecular weight is 1080 g/mol. The number of rotatable bonds is 22. The molecule has 4 aliphatic rings. The van der Waals surface area contributed by atoms with E-state index in [9.17, 15) is 80.5 Å². The van der Waals surface area contributed by atoms with Crippen molar-refractivity contribution in [3.8, 4) is 0 Å². The monoisotopic (exact) mass is 1080 g/mol. The van der Waals surface area contributed by atoms with Crippen LogP contribution in [0.25, 0.3) is 0 Å². The number of amides is 1. The molecule has 0 aromatic rings. The molecule has 36 nitrogen and oxygen atoms in total. The van der Waals surface area contributed by atoms with Crippen LogP contribution >= 0.6 is 12.3 Å². The van der Waals surface area contributed by atoms with Crippen LogP contribution in [0.4, 0.5) is 0 Å². The molecule has 4 heterocycles. The second-order valence-electron chi connectivity index (χ2n) is 13.3. The SMILES string of the molecule is C=O.C=O.COC1OC(CO)C(OC2OC([O-])C(OC3OC(COS(=O)(=O)[O-])C(OC4OC([O-])C(OC)C(O)C4O)C(O)C3NC(C)=O)C(O)C2OS(=O)(=O)[O-])C(OSOO[O-])C1NOS(=O)[O-]. The first-order valence-corrected chi connectivity index (χ1v) is 22.5. The van der Waals surface area contributed by atoms with Gasteiger partial charge in [-0.1, -0.05) is 0 Å². The Hall–Kier alpha value is -1.87. The highest BCUT2D eigenvalue weighted by molar-refractivity contribution is 7.89. The Balaban J connectivity index is 0.00000386. The highest BCUT2D eigenvalue weighted by atomic mass is 32.3. The van der Waals surface area contributed by atoms with Gasteiger partial charge in [0, 0.05) is 33.7 Å². The van der Waals surface area contributed by atoms with Crippen LogP contribution in [0.1, 0.15) is 6.92 Å². The molecule has 0 bridgehead atoms. The zero-order valence-electron chi connectivity index (χ0n) is 34.6. The molecular weight excluding hydrogens is 1040 g/mol. The Kier molecular flexibility index (Phi) is 26.5. The summed E-state index contributed by atoms with van der Waals surface area (Å²) in [6.07, 6.45) is -39.8. The van der Waals surface area contributed by atoms with Crippen molar-refractivity contribution in [2.45, 2.75) is 130 Å². The van der Waals surface area contributed by atoms with Gasteiger partial charge in [0.2, 0.25) is 26.7 Å². The van der Waals surface area contributed by atoms with Crippen molar-refractivity contribution in [3.63, 3.8) is 0 Å². The lowest BCUT2D eigenvalue weighted by Crippen LogP contribution is -2.71. The number of hydrogen-bond acceptors (Lipinski definition) is 36. The first kappa shape index (κ1) is 62.2. The lowest BCUT2D eigenvalue weighted by Gasteiger charge is -2.52.